The maximum Gasteiger partial charge on any atom is 0.251 e. The zero-order valence-corrected chi connectivity index (χ0v) is 14.3. The predicted molar refractivity (Wildman–Crippen MR) is 90.2 cm³/mol. The van der Waals surface area contributed by atoms with Crippen molar-refractivity contribution in [2.75, 3.05) is 0 Å². The molecule has 1 amide bonds. The van der Waals surface area contributed by atoms with Gasteiger partial charge in [0.2, 0.25) is 0 Å². The van der Waals surface area contributed by atoms with Crippen LogP contribution in [0.25, 0.3) is 0 Å². The van der Waals surface area contributed by atoms with E-state index in [1.807, 2.05) is 44.3 Å². The van der Waals surface area contributed by atoms with Crippen molar-refractivity contribution in [1.29, 1.82) is 0 Å². The van der Waals surface area contributed by atoms with E-state index in [4.69, 9.17) is 0 Å². The number of nitrogens with one attached hydrogen (secondary N) is 1. The number of carbonyl (C=O) groups is 1. The first-order valence-electron chi connectivity index (χ1n) is 7.84. The van der Waals surface area contributed by atoms with Gasteiger partial charge in [0.15, 0.2) is 0 Å². The van der Waals surface area contributed by atoms with E-state index < -0.39 is 5.60 Å². The van der Waals surface area contributed by atoms with Gasteiger partial charge in [-0.3, -0.25) is 9.48 Å². The van der Waals surface area contributed by atoms with Gasteiger partial charge in [0.1, 0.15) is 0 Å². The Labute approximate surface area is 137 Å². The number of hydrogen-bond acceptors (Lipinski definition) is 3. The Morgan fingerprint density at radius 2 is 1.96 bits per heavy atom. The van der Waals surface area contributed by atoms with Gasteiger partial charge in [0, 0.05) is 12.6 Å². The van der Waals surface area contributed by atoms with E-state index in [1.165, 1.54) is 0 Å². The Morgan fingerprint density at radius 3 is 2.48 bits per heavy atom. The third-order valence-electron chi connectivity index (χ3n) is 3.77. The zero-order chi connectivity index (χ0) is 17.0. The molecule has 0 unspecified atom stereocenters. The summed E-state index contributed by atoms with van der Waals surface area (Å²) in [5.41, 5.74) is 2.99. The van der Waals surface area contributed by atoms with E-state index in [2.05, 4.69) is 10.4 Å². The number of aromatic nitrogens is 2. The van der Waals surface area contributed by atoms with Gasteiger partial charge in [-0.25, -0.2) is 0 Å². The summed E-state index contributed by atoms with van der Waals surface area (Å²) in [7, 11) is 1.87. The molecular formula is C18H25N3O2. The normalized spacial score (nSPS) is 11.5. The van der Waals surface area contributed by atoms with E-state index in [0.29, 0.717) is 18.5 Å². The Morgan fingerprint density at radius 1 is 1.30 bits per heavy atom. The lowest BCUT2D eigenvalue weighted by Gasteiger charge is -2.16. The van der Waals surface area contributed by atoms with Gasteiger partial charge in [0.25, 0.3) is 5.91 Å². The topological polar surface area (TPSA) is 67.2 Å². The number of amides is 1. The molecule has 1 heterocycles. The molecule has 1 aromatic carbocycles. The summed E-state index contributed by atoms with van der Waals surface area (Å²) in [4.78, 5) is 12.2. The van der Waals surface area contributed by atoms with Crippen LogP contribution in [0.3, 0.4) is 0 Å². The number of aliphatic hydroxyl groups is 1. The van der Waals surface area contributed by atoms with E-state index in [0.717, 1.165) is 23.4 Å². The molecule has 5 heteroatoms. The van der Waals surface area contributed by atoms with Crippen LogP contribution in [0.4, 0.5) is 0 Å². The molecule has 23 heavy (non-hydrogen) atoms. The fourth-order valence-corrected chi connectivity index (χ4v) is 2.38. The third kappa shape index (κ3) is 5.21. The maximum absolute atomic E-state index is 12.2. The first kappa shape index (κ1) is 17.2. The molecule has 0 spiro atoms. The molecule has 2 aromatic rings. The van der Waals surface area contributed by atoms with Gasteiger partial charge in [-0.05, 0) is 57.4 Å². The van der Waals surface area contributed by atoms with Crippen LogP contribution in [0.1, 0.15) is 47.6 Å². The second-order valence-corrected chi connectivity index (χ2v) is 6.59. The molecule has 0 saturated heterocycles. The third-order valence-corrected chi connectivity index (χ3v) is 3.77. The van der Waals surface area contributed by atoms with Gasteiger partial charge in [-0.2, -0.15) is 5.10 Å². The molecular weight excluding hydrogens is 290 g/mol. The lowest BCUT2D eigenvalue weighted by atomic mass is 9.98. The Bertz CT molecular complexity index is 667. The highest BCUT2D eigenvalue weighted by Crippen LogP contribution is 2.14. The smallest absolute Gasteiger partial charge is 0.251 e. The van der Waals surface area contributed by atoms with E-state index in [-0.39, 0.29) is 5.91 Å². The number of benzene rings is 1. The minimum absolute atomic E-state index is 0.0992. The van der Waals surface area contributed by atoms with Crippen molar-refractivity contribution in [3.05, 3.63) is 52.8 Å². The number of carbonyl (C=O) groups excluding carboxylic acids is 1. The fraction of sp³-hybridized carbons (Fsp3) is 0.444. The first-order valence-corrected chi connectivity index (χ1v) is 7.84. The molecule has 0 aliphatic carbocycles. The van der Waals surface area contributed by atoms with Crippen LogP contribution in [0.2, 0.25) is 0 Å². The van der Waals surface area contributed by atoms with Crippen molar-refractivity contribution in [2.24, 2.45) is 7.05 Å². The average Bonchev–Trinajstić information content (AvgIpc) is 2.80. The van der Waals surface area contributed by atoms with Gasteiger partial charge in [0.05, 0.1) is 23.5 Å². The lowest BCUT2D eigenvalue weighted by Crippen LogP contribution is -2.24. The summed E-state index contributed by atoms with van der Waals surface area (Å²) in [6.07, 6.45) is 1.48. The maximum atomic E-state index is 12.2. The molecule has 0 fully saturated rings. The van der Waals surface area contributed by atoms with Gasteiger partial charge in [-0.1, -0.05) is 12.1 Å². The van der Waals surface area contributed by atoms with Crippen LogP contribution >= 0.6 is 0 Å². The predicted octanol–water partition coefficient (Wildman–Crippen LogP) is 2.36. The minimum atomic E-state index is -0.669. The number of nitrogens with zero attached hydrogens (tertiary/aromatic N) is 2. The summed E-state index contributed by atoms with van der Waals surface area (Å²) < 4.78 is 1.77. The van der Waals surface area contributed by atoms with Crippen LogP contribution in [0.5, 0.6) is 0 Å². The van der Waals surface area contributed by atoms with E-state index >= 15 is 0 Å². The highest BCUT2D eigenvalue weighted by molar-refractivity contribution is 5.94. The van der Waals surface area contributed by atoms with Crippen LogP contribution in [-0.2, 0) is 20.0 Å². The molecule has 0 aliphatic heterocycles. The summed E-state index contributed by atoms with van der Waals surface area (Å²) in [6.45, 7) is 5.98. The molecule has 2 N–H and O–H groups in total. The van der Waals surface area contributed by atoms with Crippen LogP contribution in [-0.4, -0.2) is 26.4 Å². The highest BCUT2D eigenvalue weighted by atomic mass is 16.3. The summed E-state index contributed by atoms with van der Waals surface area (Å²) in [6, 6.07) is 9.48. The van der Waals surface area contributed by atoms with Gasteiger partial charge < -0.3 is 10.4 Å². The molecule has 0 aliphatic rings. The number of aryl methyl sites for hydroxylation is 3. The molecule has 0 saturated carbocycles. The standard InChI is InChI=1S/C18H25N3O2/c1-13-11-16(21(4)20-13)12-19-17(22)15-7-5-14(6-8-15)9-10-18(2,3)23/h5-8,11,23H,9-10,12H2,1-4H3,(H,19,22). The summed E-state index contributed by atoms with van der Waals surface area (Å²) >= 11 is 0. The van der Waals surface area contributed by atoms with Crippen molar-refractivity contribution in [1.82, 2.24) is 15.1 Å². The second kappa shape index (κ2) is 6.96. The largest absolute Gasteiger partial charge is 0.390 e. The molecule has 0 bridgehead atoms. The summed E-state index contributed by atoms with van der Waals surface area (Å²) in [5, 5.41) is 16.9. The van der Waals surface area contributed by atoms with E-state index in [1.54, 1.807) is 18.5 Å². The van der Waals surface area contributed by atoms with Crippen molar-refractivity contribution >= 4 is 5.91 Å². The molecule has 124 valence electrons. The molecule has 2 rings (SSSR count). The Balaban J connectivity index is 1.91. The Kier molecular flexibility index (Phi) is 5.21. The van der Waals surface area contributed by atoms with Crippen molar-refractivity contribution in [3.63, 3.8) is 0 Å². The SMILES string of the molecule is Cc1cc(CNC(=O)c2ccc(CCC(C)(C)O)cc2)n(C)n1. The number of rotatable bonds is 6. The summed E-state index contributed by atoms with van der Waals surface area (Å²) in [5.74, 6) is -0.0992. The van der Waals surface area contributed by atoms with Crippen molar-refractivity contribution < 1.29 is 9.90 Å². The Hall–Kier alpha value is -2.14. The first-order chi connectivity index (χ1) is 10.7. The fourth-order valence-electron chi connectivity index (χ4n) is 2.38. The van der Waals surface area contributed by atoms with Crippen molar-refractivity contribution in [2.45, 2.75) is 45.8 Å². The molecule has 0 radical (unpaired) electrons. The zero-order valence-electron chi connectivity index (χ0n) is 14.3. The van der Waals surface area contributed by atoms with Crippen LogP contribution in [0, 0.1) is 6.92 Å². The average molecular weight is 315 g/mol. The van der Waals surface area contributed by atoms with Gasteiger partial charge >= 0.3 is 0 Å². The second-order valence-electron chi connectivity index (χ2n) is 6.59. The minimum Gasteiger partial charge on any atom is -0.390 e. The molecule has 0 atom stereocenters. The van der Waals surface area contributed by atoms with Crippen LogP contribution in [0.15, 0.2) is 30.3 Å². The monoisotopic (exact) mass is 315 g/mol. The molecule has 1 aromatic heterocycles. The lowest BCUT2D eigenvalue weighted by molar-refractivity contribution is 0.0713. The molecule has 5 nitrogen and oxygen atoms in total. The van der Waals surface area contributed by atoms with E-state index in [9.17, 15) is 9.90 Å². The van der Waals surface area contributed by atoms with Crippen LogP contribution < -0.4 is 5.32 Å². The highest BCUT2D eigenvalue weighted by Gasteiger charge is 2.12. The number of hydrogen-bond donors (Lipinski definition) is 2. The van der Waals surface area contributed by atoms with Crippen molar-refractivity contribution in [3.8, 4) is 0 Å². The van der Waals surface area contributed by atoms with Gasteiger partial charge in [-0.15, -0.1) is 0 Å². The quantitative estimate of drug-likeness (QED) is 0.860.